The normalized spacial score (nSPS) is 11.2. The van der Waals surface area contributed by atoms with Crippen molar-refractivity contribution >= 4 is 39.9 Å². The van der Waals surface area contributed by atoms with Crippen molar-refractivity contribution < 1.29 is 0 Å². The largest absolute Gasteiger partial charge is 0.323 e. The highest BCUT2D eigenvalue weighted by atomic mass is 32.2. The van der Waals surface area contributed by atoms with Crippen LogP contribution in [-0.4, -0.2) is 24.0 Å². The molecule has 1 N–H and O–H groups in total. The number of aromatic nitrogens is 1. The Bertz CT molecular complexity index is 723. The van der Waals surface area contributed by atoms with E-state index in [0.29, 0.717) is 0 Å². The van der Waals surface area contributed by atoms with Gasteiger partial charge in [0.1, 0.15) is 0 Å². The fraction of sp³-hybridized carbons (Fsp3) is 0.188. The van der Waals surface area contributed by atoms with Gasteiger partial charge in [0.05, 0.1) is 21.1 Å². The molecule has 3 rings (SSSR count). The Morgan fingerprint density at radius 1 is 1.14 bits per heavy atom. The molecule has 2 heterocycles. The zero-order chi connectivity index (χ0) is 14.7. The topological polar surface area (TPSA) is 28.2 Å². The van der Waals surface area contributed by atoms with Gasteiger partial charge in [-0.2, -0.15) is 0 Å². The molecule has 3 aromatic rings. The van der Waals surface area contributed by atoms with E-state index in [1.807, 2.05) is 0 Å². The van der Waals surface area contributed by atoms with Crippen LogP contribution in [0.2, 0.25) is 0 Å². The SMILES string of the molecule is CN(C)Cc1ccc2cccc(NSc3cccs3)c2n1. The van der Waals surface area contributed by atoms with Gasteiger partial charge in [0.15, 0.2) is 0 Å². The number of hydrogen-bond donors (Lipinski definition) is 1. The third-order valence-corrected chi connectivity index (χ3v) is 4.87. The fourth-order valence-corrected chi connectivity index (χ4v) is 3.56. The van der Waals surface area contributed by atoms with Crippen LogP contribution in [0.1, 0.15) is 5.69 Å². The maximum absolute atomic E-state index is 4.80. The van der Waals surface area contributed by atoms with Crippen LogP contribution in [-0.2, 0) is 6.54 Å². The predicted molar refractivity (Wildman–Crippen MR) is 92.9 cm³/mol. The second-order valence-electron chi connectivity index (χ2n) is 5.05. The quantitative estimate of drug-likeness (QED) is 0.703. The van der Waals surface area contributed by atoms with E-state index in [0.717, 1.165) is 28.8 Å². The summed E-state index contributed by atoms with van der Waals surface area (Å²) in [6.45, 7) is 0.850. The van der Waals surface area contributed by atoms with E-state index in [4.69, 9.17) is 4.98 Å². The molecule has 0 saturated carbocycles. The summed E-state index contributed by atoms with van der Waals surface area (Å²) in [6, 6.07) is 14.6. The zero-order valence-corrected chi connectivity index (χ0v) is 13.7. The molecule has 0 radical (unpaired) electrons. The number of para-hydroxylation sites is 1. The standard InChI is InChI=1S/C16H17N3S2/c1-19(2)11-13-9-8-12-5-3-6-14(16(12)17-13)18-21-15-7-4-10-20-15/h3-10,18H,11H2,1-2H3. The summed E-state index contributed by atoms with van der Waals surface area (Å²) in [5, 5.41) is 3.25. The maximum atomic E-state index is 4.80. The second-order valence-corrected chi connectivity index (χ2v) is 7.11. The lowest BCUT2D eigenvalue weighted by molar-refractivity contribution is 0.397. The van der Waals surface area contributed by atoms with Crippen LogP contribution < -0.4 is 4.72 Å². The fourth-order valence-electron chi connectivity index (χ4n) is 2.11. The first-order chi connectivity index (χ1) is 10.2. The molecule has 0 fully saturated rings. The molecule has 0 aliphatic rings. The van der Waals surface area contributed by atoms with E-state index in [-0.39, 0.29) is 0 Å². The molecule has 0 amide bonds. The van der Waals surface area contributed by atoms with Crippen LogP contribution in [0.25, 0.3) is 10.9 Å². The first kappa shape index (κ1) is 14.4. The maximum Gasteiger partial charge on any atom is 0.0945 e. The monoisotopic (exact) mass is 315 g/mol. The van der Waals surface area contributed by atoms with Crippen LogP contribution in [0.15, 0.2) is 52.1 Å². The summed E-state index contributed by atoms with van der Waals surface area (Å²) in [6.07, 6.45) is 0. The Hall–Kier alpha value is -1.56. The smallest absolute Gasteiger partial charge is 0.0945 e. The highest BCUT2D eigenvalue weighted by molar-refractivity contribution is 8.02. The van der Waals surface area contributed by atoms with Crippen molar-refractivity contribution in [2.45, 2.75) is 10.8 Å². The van der Waals surface area contributed by atoms with Gasteiger partial charge in [0.2, 0.25) is 0 Å². The molecule has 0 bridgehead atoms. The third kappa shape index (κ3) is 3.56. The lowest BCUT2D eigenvalue weighted by Crippen LogP contribution is -2.11. The molecule has 0 atom stereocenters. The molecule has 0 aliphatic carbocycles. The molecule has 3 nitrogen and oxygen atoms in total. The molecular weight excluding hydrogens is 298 g/mol. The van der Waals surface area contributed by atoms with E-state index in [2.05, 4.69) is 71.6 Å². The van der Waals surface area contributed by atoms with Crippen molar-refractivity contribution in [3.8, 4) is 0 Å². The molecule has 108 valence electrons. The molecular formula is C16H17N3S2. The number of pyridine rings is 1. The number of anilines is 1. The van der Waals surface area contributed by atoms with Gasteiger partial charge in [-0.15, -0.1) is 11.3 Å². The lowest BCUT2D eigenvalue weighted by atomic mass is 10.2. The predicted octanol–water partition coefficient (Wildman–Crippen LogP) is 4.48. The Balaban J connectivity index is 1.89. The number of nitrogens with one attached hydrogen (secondary N) is 1. The van der Waals surface area contributed by atoms with Gasteiger partial charge in [-0.25, -0.2) is 4.98 Å². The van der Waals surface area contributed by atoms with Gasteiger partial charge in [0, 0.05) is 11.9 Å². The summed E-state index contributed by atoms with van der Waals surface area (Å²) >= 11 is 3.37. The van der Waals surface area contributed by atoms with Crippen molar-refractivity contribution in [3.63, 3.8) is 0 Å². The number of rotatable bonds is 5. The minimum atomic E-state index is 0.850. The molecule has 0 aliphatic heterocycles. The van der Waals surface area contributed by atoms with Crippen molar-refractivity contribution in [3.05, 3.63) is 53.5 Å². The lowest BCUT2D eigenvalue weighted by Gasteiger charge is -2.11. The summed E-state index contributed by atoms with van der Waals surface area (Å²) in [4.78, 5) is 6.93. The van der Waals surface area contributed by atoms with Gasteiger partial charge in [-0.1, -0.05) is 24.3 Å². The Morgan fingerprint density at radius 2 is 2.05 bits per heavy atom. The average molecular weight is 315 g/mol. The summed E-state index contributed by atoms with van der Waals surface area (Å²) in [5.41, 5.74) is 3.18. The van der Waals surface area contributed by atoms with Crippen molar-refractivity contribution in [1.82, 2.24) is 9.88 Å². The average Bonchev–Trinajstić information content (AvgIpc) is 2.97. The van der Waals surface area contributed by atoms with Crippen LogP contribution in [0.4, 0.5) is 5.69 Å². The van der Waals surface area contributed by atoms with Gasteiger partial charge >= 0.3 is 0 Å². The van der Waals surface area contributed by atoms with Crippen molar-refractivity contribution in [1.29, 1.82) is 0 Å². The van der Waals surface area contributed by atoms with Gasteiger partial charge in [-0.05, 0) is 49.6 Å². The second kappa shape index (κ2) is 6.47. The minimum Gasteiger partial charge on any atom is -0.323 e. The van der Waals surface area contributed by atoms with Gasteiger partial charge in [0.25, 0.3) is 0 Å². The minimum absolute atomic E-state index is 0.850. The van der Waals surface area contributed by atoms with Gasteiger partial charge in [-0.3, -0.25) is 0 Å². The molecule has 5 heteroatoms. The Kier molecular flexibility index (Phi) is 4.43. The van der Waals surface area contributed by atoms with Crippen LogP contribution >= 0.6 is 23.3 Å². The van der Waals surface area contributed by atoms with Gasteiger partial charge < -0.3 is 9.62 Å². The highest BCUT2D eigenvalue weighted by Crippen LogP contribution is 2.29. The number of nitrogens with zero attached hydrogens (tertiary/aromatic N) is 2. The van der Waals surface area contributed by atoms with Crippen LogP contribution in [0, 0.1) is 0 Å². The highest BCUT2D eigenvalue weighted by Gasteiger charge is 2.05. The molecule has 2 aromatic heterocycles. The van der Waals surface area contributed by atoms with E-state index in [9.17, 15) is 0 Å². The molecule has 0 saturated heterocycles. The number of benzene rings is 1. The Labute approximate surface area is 133 Å². The molecule has 21 heavy (non-hydrogen) atoms. The number of hydrogen-bond acceptors (Lipinski definition) is 5. The summed E-state index contributed by atoms with van der Waals surface area (Å²) in [5.74, 6) is 0. The zero-order valence-electron chi connectivity index (χ0n) is 12.0. The molecule has 1 aromatic carbocycles. The first-order valence-electron chi connectivity index (χ1n) is 6.72. The Morgan fingerprint density at radius 3 is 2.81 bits per heavy atom. The molecule has 0 spiro atoms. The van der Waals surface area contributed by atoms with E-state index < -0.39 is 0 Å². The van der Waals surface area contributed by atoms with E-state index >= 15 is 0 Å². The van der Waals surface area contributed by atoms with Crippen LogP contribution in [0.5, 0.6) is 0 Å². The van der Waals surface area contributed by atoms with E-state index in [1.165, 1.54) is 4.21 Å². The van der Waals surface area contributed by atoms with E-state index in [1.54, 1.807) is 23.3 Å². The molecule has 0 unspecified atom stereocenters. The van der Waals surface area contributed by atoms with Crippen molar-refractivity contribution in [2.75, 3.05) is 18.8 Å². The first-order valence-corrected chi connectivity index (χ1v) is 8.42. The summed E-state index contributed by atoms with van der Waals surface area (Å²) < 4.78 is 4.67. The number of fused-ring (bicyclic) bond motifs is 1. The van der Waals surface area contributed by atoms with Crippen molar-refractivity contribution in [2.24, 2.45) is 0 Å². The van der Waals surface area contributed by atoms with Crippen LogP contribution in [0.3, 0.4) is 0 Å². The summed E-state index contributed by atoms with van der Waals surface area (Å²) in [7, 11) is 4.12. The number of thiophene rings is 1. The third-order valence-electron chi connectivity index (χ3n) is 3.01.